The number of nitrogens with one attached hydrogen (secondary N) is 1. The Bertz CT molecular complexity index is 1520. The minimum atomic E-state index is -4.58. The van der Waals surface area contributed by atoms with Crippen LogP contribution in [-0.2, 0) is 15.8 Å². The average molecular weight is 563 g/mol. The molecule has 4 aliphatic rings. The van der Waals surface area contributed by atoms with Crippen LogP contribution in [0.4, 0.5) is 18.9 Å². The summed E-state index contributed by atoms with van der Waals surface area (Å²) in [7, 11) is 0. The Labute approximate surface area is 222 Å². The Morgan fingerprint density at radius 2 is 1.68 bits per heavy atom. The highest BCUT2D eigenvalue weighted by atomic mass is 35.5. The summed E-state index contributed by atoms with van der Waals surface area (Å²) < 4.78 is 40.0. The first-order valence-electron chi connectivity index (χ1n) is 11.8. The SMILES string of the molecule is O=C1C2C3CC(C2C(=O)N1c1cccc(C(F)(F)F)c1)C1C3Sc2[nH]c(=O)sc2[C@@H]1c1ccc(Cl)cc1. The van der Waals surface area contributed by atoms with Gasteiger partial charge in [-0.2, -0.15) is 13.2 Å². The second kappa shape index (κ2) is 7.97. The van der Waals surface area contributed by atoms with Crippen LogP contribution in [0, 0.1) is 29.6 Å². The van der Waals surface area contributed by atoms with Crippen molar-refractivity contribution < 1.29 is 22.8 Å². The smallest absolute Gasteiger partial charge is 0.307 e. The standard InChI is InChI=1S/C26H18ClF3N2O3S2/c27-12-6-4-10(5-7-12)16-17-14-9-15(20(17)36-22-21(16)37-25(35)31-22)19-18(14)23(33)32(24(19)34)13-3-1-2-11(8-13)26(28,29)30/h1-8,14-20H,9H2,(H,31,35)/t14?,15?,16-,17?,18?,19?,20?/m1/s1. The van der Waals surface area contributed by atoms with Crippen LogP contribution in [0.5, 0.6) is 0 Å². The van der Waals surface area contributed by atoms with Crippen molar-refractivity contribution in [2.24, 2.45) is 29.6 Å². The molecule has 2 aromatic carbocycles. The lowest BCUT2D eigenvalue weighted by molar-refractivity contribution is -0.137. The average Bonchev–Trinajstić information content (AvgIpc) is 3.58. The molecule has 1 saturated heterocycles. The number of imide groups is 1. The molecule has 3 heterocycles. The summed E-state index contributed by atoms with van der Waals surface area (Å²) in [6.45, 7) is 0. The molecular weight excluding hydrogens is 545 g/mol. The Kier molecular flexibility index (Phi) is 5.07. The molecule has 7 rings (SSSR count). The monoisotopic (exact) mass is 562 g/mol. The molecule has 2 aliphatic heterocycles. The quantitative estimate of drug-likeness (QED) is 0.402. The molecule has 2 aliphatic carbocycles. The number of amides is 2. The maximum absolute atomic E-state index is 13.7. The summed E-state index contributed by atoms with van der Waals surface area (Å²) in [5.41, 5.74) is 0.0600. The number of nitrogens with zero attached hydrogens (tertiary/aromatic N) is 1. The van der Waals surface area contributed by atoms with Crippen LogP contribution in [0.25, 0.3) is 0 Å². The van der Waals surface area contributed by atoms with Crippen molar-refractivity contribution in [1.29, 1.82) is 0 Å². The number of aromatic amines is 1. The fraction of sp³-hybridized carbons (Fsp3) is 0.346. The van der Waals surface area contributed by atoms with Gasteiger partial charge in [-0.15, -0.1) is 11.8 Å². The van der Waals surface area contributed by atoms with E-state index in [1.165, 1.54) is 23.5 Å². The number of hydrogen-bond donors (Lipinski definition) is 1. The summed E-state index contributed by atoms with van der Waals surface area (Å²) in [6, 6.07) is 11.9. The van der Waals surface area contributed by atoms with Gasteiger partial charge in [0, 0.05) is 21.1 Å². The van der Waals surface area contributed by atoms with E-state index in [1.807, 2.05) is 12.1 Å². The third kappa shape index (κ3) is 3.34. The van der Waals surface area contributed by atoms with E-state index in [9.17, 15) is 27.6 Å². The van der Waals surface area contributed by atoms with Crippen molar-refractivity contribution in [2.75, 3.05) is 4.90 Å². The molecular formula is C26H18ClF3N2O3S2. The van der Waals surface area contributed by atoms with Gasteiger partial charge in [-0.3, -0.25) is 19.3 Å². The fourth-order valence-electron chi connectivity index (χ4n) is 7.14. The predicted octanol–water partition coefficient (Wildman–Crippen LogP) is 5.79. The van der Waals surface area contributed by atoms with Gasteiger partial charge < -0.3 is 4.98 Å². The molecule has 0 spiro atoms. The molecule has 0 radical (unpaired) electrons. The third-order valence-electron chi connectivity index (χ3n) is 8.38. The highest BCUT2D eigenvalue weighted by Crippen LogP contribution is 2.68. The molecule has 1 N–H and O–H groups in total. The zero-order valence-electron chi connectivity index (χ0n) is 18.9. The van der Waals surface area contributed by atoms with Gasteiger partial charge in [-0.05, 0) is 60.1 Å². The molecule has 11 heteroatoms. The van der Waals surface area contributed by atoms with Gasteiger partial charge in [-0.25, -0.2) is 0 Å². The molecule has 6 unspecified atom stereocenters. The number of H-pyrrole nitrogens is 1. The van der Waals surface area contributed by atoms with Crippen LogP contribution in [0.1, 0.15) is 28.3 Å². The van der Waals surface area contributed by atoms with Crippen LogP contribution in [0.3, 0.4) is 0 Å². The van der Waals surface area contributed by atoms with E-state index >= 15 is 0 Å². The van der Waals surface area contributed by atoms with Crippen LogP contribution in [0.15, 0.2) is 58.4 Å². The van der Waals surface area contributed by atoms with Crippen LogP contribution in [-0.4, -0.2) is 22.0 Å². The first-order chi connectivity index (χ1) is 17.6. The van der Waals surface area contributed by atoms with Crippen LogP contribution >= 0.6 is 34.7 Å². The molecule has 7 atom stereocenters. The number of alkyl halides is 3. The number of fused-ring (bicyclic) bond motifs is 9. The van der Waals surface area contributed by atoms with Gasteiger partial charge in [0.2, 0.25) is 11.8 Å². The van der Waals surface area contributed by atoms with E-state index in [0.717, 1.165) is 32.5 Å². The third-order valence-corrected chi connectivity index (χ3v) is 11.2. The van der Waals surface area contributed by atoms with E-state index in [0.29, 0.717) is 11.4 Å². The molecule has 5 nitrogen and oxygen atoms in total. The maximum atomic E-state index is 13.7. The number of halogens is 4. The summed E-state index contributed by atoms with van der Waals surface area (Å²) >= 11 is 8.87. The van der Waals surface area contributed by atoms with Gasteiger partial charge in [0.1, 0.15) is 0 Å². The van der Waals surface area contributed by atoms with Gasteiger partial charge >= 0.3 is 11.0 Å². The highest BCUT2D eigenvalue weighted by Gasteiger charge is 2.69. The lowest BCUT2D eigenvalue weighted by Gasteiger charge is -2.43. The summed E-state index contributed by atoms with van der Waals surface area (Å²) in [5.74, 6) is -2.35. The molecule has 37 heavy (non-hydrogen) atoms. The topological polar surface area (TPSA) is 70.2 Å². The molecule has 2 amide bonds. The first kappa shape index (κ1) is 23.5. The number of hydrogen-bond acceptors (Lipinski definition) is 5. The van der Waals surface area contributed by atoms with Crippen LogP contribution < -0.4 is 9.77 Å². The second-order valence-corrected chi connectivity index (χ2v) is 12.7. The number of rotatable bonds is 2. The molecule has 190 valence electrons. The summed E-state index contributed by atoms with van der Waals surface area (Å²) in [6.07, 6.45) is -3.88. The Balaban J connectivity index is 1.30. The number of carbonyl (C=O) groups excluding carboxylic acids is 2. The van der Waals surface area contributed by atoms with Crippen molar-refractivity contribution in [3.05, 3.63) is 79.2 Å². The molecule has 2 saturated carbocycles. The normalized spacial score (nSPS) is 32.0. The Hall–Kier alpha value is -2.56. The number of anilines is 1. The Morgan fingerprint density at radius 1 is 0.973 bits per heavy atom. The molecule has 3 aromatic rings. The number of thioether (sulfide) groups is 1. The molecule has 3 fully saturated rings. The first-order valence-corrected chi connectivity index (χ1v) is 13.9. The van der Waals surface area contributed by atoms with Crippen LogP contribution in [0.2, 0.25) is 5.02 Å². The zero-order valence-corrected chi connectivity index (χ0v) is 21.3. The number of benzene rings is 2. The van der Waals surface area contributed by atoms with Crippen molar-refractivity contribution in [2.45, 2.75) is 28.8 Å². The molecule has 2 bridgehead atoms. The summed E-state index contributed by atoms with van der Waals surface area (Å²) in [5, 5.41) is 1.39. The lowest BCUT2D eigenvalue weighted by Crippen LogP contribution is -2.42. The number of carbonyl (C=O) groups is 2. The zero-order chi connectivity index (χ0) is 25.8. The summed E-state index contributed by atoms with van der Waals surface area (Å²) in [4.78, 5) is 44.3. The van der Waals surface area contributed by atoms with E-state index < -0.39 is 35.4 Å². The number of aromatic nitrogens is 1. The van der Waals surface area contributed by atoms with E-state index in [4.69, 9.17) is 11.6 Å². The van der Waals surface area contributed by atoms with Crippen molar-refractivity contribution >= 4 is 52.2 Å². The van der Waals surface area contributed by atoms with Gasteiger partial charge in [0.05, 0.1) is 28.1 Å². The van der Waals surface area contributed by atoms with E-state index in [-0.39, 0.29) is 39.5 Å². The lowest BCUT2D eigenvalue weighted by atomic mass is 9.68. The Morgan fingerprint density at radius 3 is 2.38 bits per heavy atom. The van der Waals surface area contributed by atoms with Crippen molar-refractivity contribution in [3.63, 3.8) is 0 Å². The predicted molar refractivity (Wildman–Crippen MR) is 134 cm³/mol. The largest absolute Gasteiger partial charge is 0.416 e. The van der Waals surface area contributed by atoms with Crippen molar-refractivity contribution in [1.82, 2.24) is 4.98 Å². The second-order valence-electron chi connectivity index (χ2n) is 10.1. The van der Waals surface area contributed by atoms with E-state index in [2.05, 4.69) is 4.98 Å². The van der Waals surface area contributed by atoms with Gasteiger partial charge in [0.15, 0.2) is 0 Å². The maximum Gasteiger partial charge on any atom is 0.416 e. The van der Waals surface area contributed by atoms with E-state index in [1.54, 1.807) is 23.9 Å². The van der Waals surface area contributed by atoms with Gasteiger partial charge in [0.25, 0.3) is 0 Å². The minimum Gasteiger partial charge on any atom is -0.307 e. The van der Waals surface area contributed by atoms with Gasteiger partial charge in [-0.1, -0.05) is 41.1 Å². The highest BCUT2D eigenvalue weighted by molar-refractivity contribution is 8.00. The molecule has 1 aromatic heterocycles. The van der Waals surface area contributed by atoms with Crippen molar-refractivity contribution in [3.8, 4) is 0 Å². The number of thiazole rings is 1. The fourth-order valence-corrected chi connectivity index (χ4v) is 10.2. The minimum absolute atomic E-state index is 0.00267.